The molecule has 0 aromatic carbocycles. The molecule has 6 heteroatoms. The number of halogens is 1. The van der Waals surface area contributed by atoms with E-state index in [1.165, 1.54) is 0 Å². The van der Waals surface area contributed by atoms with Gasteiger partial charge in [-0.2, -0.15) is 5.10 Å². The summed E-state index contributed by atoms with van der Waals surface area (Å²) in [5, 5.41) is 4.16. The van der Waals surface area contributed by atoms with Gasteiger partial charge in [-0.1, -0.05) is 0 Å². The fraction of sp³-hybridized carbons (Fsp3) is 0.625. The molecule has 0 saturated carbocycles. The van der Waals surface area contributed by atoms with Gasteiger partial charge in [0.1, 0.15) is 9.84 Å². The van der Waals surface area contributed by atoms with Crippen LogP contribution in [0, 0.1) is 0 Å². The largest absolute Gasteiger partial charge is 0.268 e. The van der Waals surface area contributed by atoms with Crippen LogP contribution < -0.4 is 0 Å². The molecule has 0 N–H and O–H groups in total. The number of aromatic nitrogens is 2. The van der Waals surface area contributed by atoms with Crippen LogP contribution in [0.5, 0.6) is 0 Å². The topological polar surface area (TPSA) is 52.0 Å². The summed E-state index contributed by atoms with van der Waals surface area (Å²) in [6.07, 6.45) is 4.97. The molecule has 1 fully saturated rings. The quantitative estimate of drug-likeness (QED) is 0.780. The number of sulfone groups is 1. The van der Waals surface area contributed by atoms with Crippen LogP contribution in [0.25, 0.3) is 0 Å². The second kappa shape index (κ2) is 3.66. The molecule has 1 aromatic heterocycles. The Morgan fingerprint density at radius 3 is 2.57 bits per heavy atom. The van der Waals surface area contributed by atoms with Gasteiger partial charge >= 0.3 is 0 Å². The van der Waals surface area contributed by atoms with Gasteiger partial charge in [0.15, 0.2) is 0 Å². The summed E-state index contributed by atoms with van der Waals surface area (Å²) in [5.41, 5.74) is 0. The summed E-state index contributed by atoms with van der Waals surface area (Å²) in [6.45, 7) is 0. The van der Waals surface area contributed by atoms with Gasteiger partial charge in [-0.3, -0.25) is 4.68 Å². The Kier molecular flexibility index (Phi) is 2.66. The Hall–Kier alpha value is -0.360. The normalized spacial score (nSPS) is 22.4. The number of rotatable bonds is 1. The monoisotopic (exact) mass is 278 g/mol. The molecule has 1 aromatic rings. The summed E-state index contributed by atoms with van der Waals surface area (Å²) in [6, 6.07) is 0.241. The van der Waals surface area contributed by atoms with E-state index in [4.69, 9.17) is 0 Å². The summed E-state index contributed by atoms with van der Waals surface area (Å²) in [4.78, 5) is 0. The zero-order chi connectivity index (χ0) is 10.2. The highest BCUT2D eigenvalue weighted by Gasteiger charge is 2.24. The third-order valence-corrected chi connectivity index (χ3v) is 4.59. The maximum atomic E-state index is 11.2. The molecule has 78 valence electrons. The van der Waals surface area contributed by atoms with Crippen molar-refractivity contribution in [3.05, 3.63) is 16.9 Å². The van der Waals surface area contributed by atoms with Crippen molar-refractivity contribution in [2.45, 2.75) is 18.9 Å². The minimum atomic E-state index is -2.77. The summed E-state index contributed by atoms with van der Waals surface area (Å²) in [5.74, 6) is 0.574. The van der Waals surface area contributed by atoms with E-state index < -0.39 is 9.84 Å². The maximum absolute atomic E-state index is 11.2. The molecule has 0 unspecified atom stereocenters. The van der Waals surface area contributed by atoms with E-state index >= 15 is 0 Å². The SMILES string of the molecule is O=S1(=O)CCC(n2cc(Br)cn2)CC1. The van der Waals surface area contributed by atoms with Gasteiger partial charge in [-0.05, 0) is 28.8 Å². The number of nitrogens with zero attached hydrogens (tertiary/aromatic N) is 2. The second-order valence-electron chi connectivity index (χ2n) is 3.52. The van der Waals surface area contributed by atoms with Crippen molar-refractivity contribution in [1.29, 1.82) is 0 Å². The molecule has 0 radical (unpaired) electrons. The Morgan fingerprint density at radius 2 is 2.07 bits per heavy atom. The summed E-state index contributed by atoms with van der Waals surface area (Å²) < 4.78 is 25.2. The van der Waals surface area contributed by atoms with Crippen LogP contribution in [0.3, 0.4) is 0 Å². The average molecular weight is 279 g/mol. The Morgan fingerprint density at radius 1 is 1.43 bits per heavy atom. The Balaban J connectivity index is 2.09. The van der Waals surface area contributed by atoms with E-state index in [-0.39, 0.29) is 17.5 Å². The molecule has 14 heavy (non-hydrogen) atoms. The molecule has 1 saturated heterocycles. The van der Waals surface area contributed by atoms with E-state index in [0.717, 1.165) is 4.47 Å². The van der Waals surface area contributed by atoms with Crippen LogP contribution in [0.15, 0.2) is 16.9 Å². The zero-order valence-electron chi connectivity index (χ0n) is 7.56. The first-order valence-electron chi connectivity index (χ1n) is 4.47. The van der Waals surface area contributed by atoms with Gasteiger partial charge in [0, 0.05) is 6.20 Å². The first-order chi connectivity index (χ1) is 6.57. The molecular formula is C8H11BrN2O2S. The fourth-order valence-corrected chi connectivity index (χ4v) is 3.42. The van der Waals surface area contributed by atoms with Crippen molar-refractivity contribution in [3.63, 3.8) is 0 Å². The minimum Gasteiger partial charge on any atom is -0.268 e. The Labute approximate surface area is 91.4 Å². The highest BCUT2D eigenvalue weighted by atomic mass is 79.9. The molecule has 0 bridgehead atoms. The van der Waals surface area contributed by atoms with Crippen LogP contribution in [0.2, 0.25) is 0 Å². The highest BCUT2D eigenvalue weighted by Crippen LogP contribution is 2.24. The molecule has 2 rings (SSSR count). The fourth-order valence-electron chi connectivity index (χ4n) is 1.66. The van der Waals surface area contributed by atoms with Crippen molar-refractivity contribution in [3.8, 4) is 0 Å². The van der Waals surface area contributed by atoms with Crippen LogP contribution in [0.1, 0.15) is 18.9 Å². The lowest BCUT2D eigenvalue weighted by Gasteiger charge is -2.21. The van der Waals surface area contributed by atoms with Crippen LogP contribution in [-0.4, -0.2) is 29.7 Å². The number of hydrogen-bond acceptors (Lipinski definition) is 3. The Bertz CT molecular complexity index is 412. The number of hydrogen-bond donors (Lipinski definition) is 0. The average Bonchev–Trinajstić information content (AvgIpc) is 2.52. The van der Waals surface area contributed by atoms with Gasteiger partial charge in [0.05, 0.1) is 28.2 Å². The first kappa shape index (κ1) is 10.2. The standard InChI is InChI=1S/C8H11BrN2O2S/c9-7-5-10-11(6-7)8-1-3-14(12,13)4-2-8/h5-6,8H,1-4H2. The third kappa shape index (κ3) is 2.17. The van der Waals surface area contributed by atoms with Crippen molar-refractivity contribution in [2.75, 3.05) is 11.5 Å². The lowest BCUT2D eigenvalue weighted by molar-refractivity contribution is 0.413. The lowest BCUT2D eigenvalue weighted by Crippen LogP contribution is -2.25. The lowest BCUT2D eigenvalue weighted by atomic mass is 10.2. The molecule has 0 aliphatic carbocycles. The molecule has 2 heterocycles. The first-order valence-corrected chi connectivity index (χ1v) is 7.08. The molecule has 0 amide bonds. The molecule has 1 aliphatic rings. The predicted molar refractivity (Wildman–Crippen MR) is 56.9 cm³/mol. The van der Waals surface area contributed by atoms with E-state index in [1.807, 2.05) is 10.9 Å². The third-order valence-electron chi connectivity index (χ3n) is 2.47. The van der Waals surface area contributed by atoms with Gasteiger partial charge < -0.3 is 0 Å². The maximum Gasteiger partial charge on any atom is 0.150 e. The molecule has 1 aliphatic heterocycles. The van der Waals surface area contributed by atoms with Crippen LogP contribution in [-0.2, 0) is 9.84 Å². The second-order valence-corrected chi connectivity index (χ2v) is 6.74. The van der Waals surface area contributed by atoms with E-state index in [1.54, 1.807) is 6.20 Å². The van der Waals surface area contributed by atoms with Gasteiger partial charge in [-0.15, -0.1) is 0 Å². The van der Waals surface area contributed by atoms with Crippen molar-refractivity contribution >= 4 is 25.8 Å². The van der Waals surface area contributed by atoms with Gasteiger partial charge in [0.25, 0.3) is 0 Å². The summed E-state index contributed by atoms with van der Waals surface area (Å²) in [7, 11) is -2.77. The van der Waals surface area contributed by atoms with E-state index in [0.29, 0.717) is 12.8 Å². The predicted octanol–water partition coefficient (Wildman–Crippen LogP) is 1.40. The van der Waals surface area contributed by atoms with Crippen LogP contribution in [0.4, 0.5) is 0 Å². The van der Waals surface area contributed by atoms with Crippen molar-refractivity contribution in [2.24, 2.45) is 0 Å². The highest BCUT2D eigenvalue weighted by molar-refractivity contribution is 9.10. The molecule has 0 spiro atoms. The summed E-state index contributed by atoms with van der Waals surface area (Å²) >= 11 is 3.32. The van der Waals surface area contributed by atoms with Crippen molar-refractivity contribution < 1.29 is 8.42 Å². The van der Waals surface area contributed by atoms with Gasteiger partial charge in [0.2, 0.25) is 0 Å². The minimum absolute atomic E-state index is 0.241. The van der Waals surface area contributed by atoms with E-state index in [9.17, 15) is 8.42 Å². The smallest absolute Gasteiger partial charge is 0.150 e. The molecule has 4 nitrogen and oxygen atoms in total. The van der Waals surface area contributed by atoms with E-state index in [2.05, 4.69) is 21.0 Å². The van der Waals surface area contributed by atoms with Gasteiger partial charge in [-0.25, -0.2) is 8.42 Å². The van der Waals surface area contributed by atoms with Crippen molar-refractivity contribution in [1.82, 2.24) is 9.78 Å². The van der Waals surface area contributed by atoms with Crippen LogP contribution >= 0.6 is 15.9 Å². The molecular weight excluding hydrogens is 268 g/mol. The zero-order valence-corrected chi connectivity index (χ0v) is 9.96. The molecule has 0 atom stereocenters.